The fraction of sp³-hybridized carbons (Fsp3) is 0.857. The first-order valence-electron chi connectivity index (χ1n) is 7.61. The molecule has 0 aliphatic carbocycles. The fourth-order valence-electron chi connectivity index (χ4n) is 3.07. The van der Waals surface area contributed by atoms with Gasteiger partial charge in [-0.3, -0.25) is 10.2 Å². The number of hydrazine groups is 1. The summed E-state index contributed by atoms with van der Waals surface area (Å²) in [5.74, 6) is -0.726. The van der Waals surface area contributed by atoms with Gasteiger partial charge in [0.15, 0.2) is 0 Å². The molecule has 0 spiro atoms. The third-order valence-corrected chi connectivity index (χ3v) is 4.75. The molecule has 2 aliphatic rings. The molecule has 2 saturated heterocycles. The summed E-state index contributed by atoms with van der Waals surface area (Å²) < 4.78 is 0. The van der Waals surface area contributed by atoms with E-state index in [1.54, 1.807) is 4.90 Å². The molecule has 2 amide bonds. The fourth-order valence-corrected chi connectivity index (χ4v) is 3.07. The predicted molar refractivity (Wildman–Crippen MR) is 75.1 cm³/mol. The van der Waals surface area contributed by atoms with Gasteiger partial charge in [0.2, 0.25) is 0 Å². The summed E-state index contributed by atoms with van der Waals surface area (Å²) in [5.41, 5.74) is 2.30. The van der Waals surface area contributed by atoms with Crippen LogP contribution in [0.1, 0.15) is 45.4 Å². The lowest BCUT2D eigenvalue weighted by atomic mass is 9.76. The number of carboxylic acids is 1. The average Bonchev–Trinajstić information content (AvgIpc) is 2.48. The van der Waals surface area contributed by atoms with E-state index >= 15 is 0 Å². The van der Waals surface area contributed by atoms with Crippen LogP contribution < -0.4 is 5.43 Å². The first kappa shape index (κ1) is 15.1. The minimum Gasteiger partial charge on any atom is -0.481 e. The number of carboxylic acid groups (broad SMARTS) is 1. The Hall–Kier alpha value is -1.30. The average molecular weight is 283 g/mol. The van der Waals surface area contributed by atoms with Crippen LogP contribution in [0.2, 0.25) is 0 Å². The second kappa shape index (κ2) is 6.43. The van der Waals surface area contributed by atoms with Crippen molar-refractivity contribution in [1.29, 1.82) is 0 Å². The van der Waals surface area contributed by atoms with Crippen molar-refractivity contribution in [3.05, 3.63) is 0 Å². The molecule has 0 atom stereocenters. The maximum absolute atomic E-state index is 12.2. The summed E-state index contributed by atoms with van der Waals surface area (Å²) >= 11 is 0. The number of likely N-dealkylation sites (tertiary alicyclic amines) is 1. The lowest BCUT2D eigenvalue weighted by Gasteiger charge is -2.39. The number of urea groups is 1. The highest BCUT2D eigenvalue weighted by molar-refractivity contribution is 5.77. The van der Waals surface area contributed by atoms with Crippen LogP contribution >= 0.6 is 0 Å². The van der Waals surface area contributed by atoms with Crippen molar-refractivity contribution in [1.82, 2.24) is 15.3 Å². The van der Waals surface area contributed by atoms with Crippen LogP contribution in [0.15, 0.2) is 0 Å². The van der Waals surface area contributed by atoms with Crippen molar-refractivity contribution in [3.63, 3.8) is 0 Å². The van der Waals surface area contributed by atoms with E-state index in [0.29, 0.717) is 32.4 Å². The van der Waals surface area contributed by atoms with Crippen molar-refractivity contribution >= 4 is 12.0 Å². The van der Waals surface area contributed by atoms with Gasteiger partial charge in [0.05, 0.1) is 5.41 Å². The van der Waals surface area contributed by atoms with Crippen molar-refractivity contribution in [2.45, 2.75) is 45.4 Å². The van der Waals surface area contributed by atoms with Crippen molar-refractivity contribution in [2.75, 3.05) is 26.2 Å². The molecule has 0 aromatic rings. The third kappa shape index (κ3) is 3.23. The molecular weight excluding hydrogens is 258 g/mol. The molecule has 0 aromatic carbocycles. The van der Waals surface area contributed by atoms with E-state index < -0.39 is 11.4 Å². The summed E-state index contributed by atoms with van der Waals surface area (Å²) in [7, 11) is 0. The molecule has 6 heteroatoms. The normalized spacial score (nSPS) is 23.4. The maximum Gasteiger partial charge on any atom is 0.331 e. The Labute approximate surface area is 120 Å². The van der Waals surface area contributed by atoms with Crippen LogP contribution in [0.4, 0.5) is 4.79 Å². The number of amides is 2. The van der Waals surface area contributed by atoms with Crippen molar-refractivity contribution in [3.8, 4) is 0 Å². The molecule has 0 radical (unpaired) electrons. The number of aliphatic carboxylic acids is 1. The predicted octanol–water partition coefficient (Wildman–Crippen LogP) is 1.67. The van der Waals surface area contributed by atoms with Gasteiger partial charge < -0.3 is 10.0 Å². The Morgan fingerprint density at radius 1 is 1.10 bits per heavy atom. The van der Waals surface area contributed by atoms with Crippen LogP contribution in [-0.2, 0) is 4.79 Å². The Kier molecular flexibility index (Phi) is 4.86. The molecule has 0 unspecified atom stereocenters. The van der Waals surface area contributed by atoms with Crippen molar-refractivity contribution in [2.24, 2.45) is 5.41 Å². The summed E-state index contributed by atoms with van der Waals surface area (Å²) in [4.78, 5) is 25.3. The van der Waals surface area contributed by atoms with Gasteiger partial charge in [0, 0.05) is 26.2 Å². The van der Waals surface area contributed by atoms with Crippen LogP contribution in [0, 0.1) is 5.41 Å². The SMILES string of the molecule is CCC1(C(=O)O)CCN(C(=O)NN2CCCCC2)CC1. The molecule has 0 saturated carbocycles. The van der Waals surface area contributed by atoms with Gasteiger partial charge in [0.1, 0.15) is 0 Å². The van der Waals surface area contributed by atoms with E-state index in [2.05, 4.69) is 5.43 Å². The Morgan fingerprint density at radius 3 is 2.20 bits per heavy atom. The molecule has 2 fully saturated rings. The van der Waals surface area contributed by atoms with Crippen LogP contribution in [-0.4, -0.2) is 53.2 Å². The van der Waals surface area contributed by atoms with Crippen molar-refractivity contribution < 1.29 is 14.7 Å². The first-order chi connectivity index (χ1) is 9.57. The lowest BCUT2D eigenvalue weighted by Crippen LogP contribution is -2.54. The smallest absolute Gasteiger partial charge is 0.331 e. The zero-order valence-corrected chi connectivity index (χ0v) is 12.2. The second-order valence-corrected chi connectivity index (χ2v) is 5.89. The van der Waals surface area contributed by atoms with Gasteiger partial charge in [-0.25, -0.2) is 9.80 Å². The van der Waals surface area contributed by atoms with Crippen LogP contribution in [0.3, 0.4) is 0 Å². The minimum atomic E-state index is -0.726. The molecule has 2 rings (SSSR count). The molecule has 114 valence electrons. The standard InChI is InChI=1S/C14H25N3O3/c1-2-14(12(18)19)6-10-16(11-7-14)13(20)15-17-8-4-3-5-9-17/h2-11H2,1H3,(H,15,20)(H,18,19). The molecule has 0 bridgehead atoms. The monoisotopic (exact) mass is 283 g/mol. The number of hydrogen-bond donors (Lipinski definition) is 2. The Morgan fingerprint density at radius 2 is 1.70 bits per heavy atom. The van der Waals surface area contributed by atoms with E-state index in [9.17, 15) is 14.7 Å². The quantitative estimate of drug-likeness (QED) is 0.826. The largest absolute Gasteiger partial charge is 0.481 e. The van der Waals surface area contributed by atoms with E-state index in [-0.39, 0.29) is 6.03 Å². The van der Waals surface area contributed by atoms with Gasteiger partial charge in [-0.15, -0.1) is 0 Å². The number of rotatable bonds is 3. The molecular formula is C14H25N3O3. The van der Waals surface area contributed by atoms with Gasteiger partial charge in [-0.05, 0) is 32.1 Å². The number of carbonyl (C=O) groups is 2. The van der Waals surface area contributed by atoms with E-state index in [4.69, 9.17) is 0 Å². The minimum absolute atomic E-state index is 0.0815. The zero-order chi connectivity index (χ0) is 14.6. The highest BCUT2D eigenvalue weighted by Crippen LogP contribution is 2.35. The third-order valence-electron chi connectivity index (χ3n) is 4.75. The molecule has 6 nitrogen and oxygen atoms in total. The molecule has 2 N–H and O–H groups in total. The maximum atomic E-state index is 12.2. The highest BCUT2D eigenvalue weighted by Gasteiger charge is 2.40. The summed E-state index contributed by atoms with van der Waals surface area (Å²) in [6, 6.07) is -0.0815. The van der Waals surface area contributed by atoms with Gasteiger partial charge in [0.25, 0.3) is 0 Å². The number of nitrogens with one attached hydrogen (secondary N) is 1. The first-order valence-corrected chi connectivity index (χ1v) is 7.61. The Bertz CT molecular complexity index is 359. The summed E-state index contributed by atoms with van der Waals surface area (Å²) in [5, 5.41) is 11.3. The molecule has 0 aromatic heterocycles. The van der Waals surface area contributed by atoms with Gasteiger partial charge >= 0.3 is 12.0 Å². The van der Waals surface area contributed by atoms with E-state index in [1.165, 1.54) is 6.42 Å². The van der Waals surface area contributed by atoms with E-state index in [1.807, 2.05) is 11.9 Å². The molecule has 20 heavy (non-hydrogen) atoms. The van der Waals surface area contributed by atoms with Gasteiger partial charge in [-0.1, -0.05) is 13.3 Å². The number of nitrogens with zero attached hydrogens (tertiary/aromatic N) is 2. The zero-order valence-electron chi connectivity index (χ0n) is 12.2. The van der Waals surface area contributed by atoms with Crippen LogP contribution in [0.25, 0.3) is 0 Å². The van der Waals surface area contributed by atoms with Crippen LogP contribution in [0.5, 0.6) is 0 Å². The number of carbonyl (C=O) groups excluding carboxylic acids is 1. The van der Waals surface area contributed by atoms with E-state index in [0.717, 1.165) is 25.9 Å². The summed E-state index contributed by atoms with van der Waals surface area (Å²) in [6.07, 6.45) is 5.20. The second-order valence-electron chi connectivity index (χ2n) is 5.89. The lowest BCUT2D eigenvalue weighted by molar-refractivity contribution is -0.152. The number of piperidine rings is 2. The number of hydrogen-bond acceptors (Lipinski definition) is 3. The summed E-state index contributed by atoms with van der Waals surface area (Å²) in [6.45, 7) is 4.79. The van der Waals surface area contributed by atoms with Gasteiger partial charge in [-0.2, -0.15) is 0 Å². The topological polar surface area (TPSA) is 72.9 Å². The molecule has 2 heterocycles. The highest BCUT2D eigenvalue weighted by atomic mass is 16.4. The Balaban J connectivity index is 1.83. The molecule has 2 aliphatic heterocycles.